The molecule has 0 aromatic heterocycles. The van der Waals surface area contributed by atoms with Crippen LogP contribution >= 0.6 is 0 Å². The van der Waals surface area contributed by atoms with Gasteiger partial charge in [0.1, 0.15) is 17.1 Å². The summed E-state index contributed by atoms with van der Waals surface area (Å²) in [6, 6.07) is 12.3. The molecule has 3 amide bonds. The van der Waals surface area contributed by atoms with Gasteiger partial charge < -0.3 is 19.5 Å². The molecule has 2 rings (SSSR count). The first-order valence-electron chi connectivity index (χ1n) is 8.56. The summed E-state index contributed by atoms with van der Waals surface area (Å²) in [5.74, 6) is -0.806. The van der Waals surface area contributed by atoms with Crippen molar-refractivity contribution >= 4 is 17.9 Å². The number of amides is 3. The van der Waals surface area contributed by atoms with Crippen molar-refractivity contribution in [2.75, 3.05) is 20.8 Å². The normalized spacial score (nSPS) is 11.1. The van der Waals surface area contributed by atoms with Crippen LogP contribution in [-0.2, 0) is 9.53 Å². The minimum Gasteiger partial charge on any atom is -0.497 e. The number of rotatable bonds is 7. The Labute approximate surface area is 162 Å². The maximum Gasteiger partial charge on any atom is 0.343 e. The molecule has 0 saturated carbocycles. The van der Waals surface area contributed by atoms with Crippen LogP contribution in [0.2, 0.25) is 0 Å². The number of methoxy groups -OCH3 is 2. The first-order chi connectivity index (χ1) is 13.5. The summed E-state index contributed by atoms with van der Waals surface area (Å²) in [4.78, 5) is 36.9. The van der Waals surface area contributed by atoms with E-state index in [1.165, 1.54) is 26.4 Å². The number of imide groups is 1. The topological polar surface area (TPSA) is 103 Å². The van der Waals surface area contributed by atoms with Crippen LogP contribution in [0.3, 0.4) is 0 Å². The van der Waals surface area contributed by atoms with E-state index < -0.39 is 24.0 Å². The van der Waals surface area contributed by atoms with E-state index in [0.29, 0.717) is 17.9 Å². The Bertz CT molecular complexity index is 838. The SMILES string of the molecule is CCNC(=O)NC(=O)[C@@H](OC(=O)c1ccc(OC)cc1OC)c1ccccc1. The maximum absolute atomic E-state index is 12.7. The van der Waals surface area contributed by atoms with Gasteiger partial charge in [0.15, 0.2) is 0 Å². The van der Waals surface area contributed by atoms with Crippen molar-refractivity contribution in [2.24, 2.45) is 0 Å². The van der Waals surface area contributed by atoms with Crippen LogP contribution in [0.4, 0.5) is 4.79 Å². The van der Waals surface area contributed by atoms with Crippen LogP contribution in [0.15, 0.2) is 48.5 Å². The summed E-state index contributed by atoms with van der Waals surface area (Å²) in [6.45, 7) is 2.06. The molecule has 0 aliphatic rings. The van der Waals surface area contributed by atoms with E-state index in [4.69, 9.17) is 14.2 Å². The lowest BCUT2D eigenvalue weighted by atomic mass is 10.1. The largest absolute Gasteiger partial charge is 0.497 e. The second-order valence-electron chi connectivity index (χ2n) is 5.61. The van der Waals surface area contributed by atoms with Crippen LogP contribution in [-0.4, -0.2) is 38.7 Å². The lowest BCUT2D eigenvalue weighted by Gasteiger charge is -2.18. The summed E-state index contributed by atoms with van der Waals surface area (Å²) < 4.78 is 15.7. The fourth-order valence-electron chi connectivity index (χ4n) is 2.42. The lowest BCUT2D eigenvalue weighted by Crippen LogP contribution is -2.42. The van der Waals surface area contributed by atoms with Gasteiger partial charge >= 0.3 is 12.0 Å². The van der Waals surface area contributed by atoms with Gasteiger partial charge in [0.2, 0.25) is 6.10 Å². The highest BCUT2D eigenvalue weighted by atomic mass is 16.6. The smallest absolute Gasteiger partial charge is 0.343 e. The van der Waals surface area contributed by atoms with Gasteiger partial charge in [0, 0.05) is 18.2 Å². The Morgan fingerprint density at radius 2 is 1.71 bits per heavy atom. The second kappa shape index (κ2) is 9.96. The zero-order valence-electron chi connectivity index (χ0n) is 15.9. The number of hydrogen-bond donors (Lipinski definition) is 2. The molecule has 28 heavy (non-hydrogen) atoms. The number of ether oxygens (including phenoxy) is 3. The van der Waals surface area contributed by atoms with Gasteiger partial charge in [0.05, 0.1) is 14.2 Å². The Morgan fingerprint density at radius 1 is 1.00 bits per heavy atom. The first-order valence-corrected chi connectivity index (χ1v) is 8.56. The Kier molecular flexibility index (Phi) is 7.38. The van der Waals surface area contributed by atoms with E-state index in [-0.39, 0.29) is 11.3 Å². The molecule has 0 bridgehead atoms. The molecule has 0 aliphatic carbocycles. The van der Waals surface area contributed by atoms with Crippen LogP contribution in [0.5, 0.6) is 11.5 Å². The van der Waals surface area contributed by atoms with Gasteiger partial charge in [-0.25, -0.2) is 9.59 Å². The third kappa shape index (κ3) is 5.23. The Balaban J connectivity index is 2.28. The average molecular weight is 386 g/mol. The van der Waals surface area contributed by atoms with Gasteiger partial charge in [-0.1, -0.05) is 30.3 Å². The predicted molar refractivity (Wildman–Crippen MR) is 101 cm³/mol. The van der Waals surface area contributed by atoms with E-state index in [2.05, 4.69) is 10.6 Å². The summed E-state index contributed by atoms with van der Waals surface area (Å²) in [7, 11) is 2.89. The molecule has 8 nitrogen and oxygen atoms in total. The molecular formula is C20H22N2O6. The summed E-state index contributed by atoms with van der Waals surface area (Å²) in [5.41, 5.74) is 0.542. The van der Waals surface area contributed by atoms with E-state index in [1.54, 1.807) is 43.3 Å². The zero-order valence-corrected chi connectivity index (χ0v) is 15.9. The monoisotopic (exact) mass is 386 g/mol. The van der Waals surface area contributed by atoms with Gasteiger partial charge in [-0.3, -0.25) is 10.1 Å². The third-order valence-electron chi connectivity index (χ3n) is 3.77. The molecule has 0 saturated heterocycles. The van der Waals surface area contributed by atoms with Crippen molar-refractivity contribution in [1.82, 2.24) is 10.6 Å². The number of hydrogen-bond acceptors (Lipinski definition) is 6. The minimum absolute atomic E-state index is 0.120. The van der Waals surface area contributed by atoms with Gasteiger partial charge in [0.25, 0.3) is 5.91 Å². The van der Waals surface area contributed by atoms with Gasteiger partial charge in [-0.15, -0.1) is 0 Å². The average Bonchev–Trinajstić information content (AvgIpc) is 2.71. The minimum atomic E-state index is -1.32. The predicted octanol–water partition coefficient (Wildman–Crippen LogP) is 2.45. The molecule has 2 aromatic carbocycles. The number of esters is 1. The zero-order chi connectivity index (χ0) is 20.5. The summed E-state index contributed by atoms with van der Waals surface area (Å²) in [6.07, 6.45) is -1.32. The van der Waals surface area contributed by atoms with Gasteiger partial charge in [-0.2, -0.15) is 0 Å². The van der Waals surface area contributed by atoms with Crippen LogP contribution in [0.1, 0.15) is 28.9 Å². The fraction of sp³-hybridized carbons (Fsp3) is 0.250. The molecule has 0 aliphatic heterocycles. The van der Waals surface area contributed by atoms with Crippen molar-refractivity contribution in [3.05, 3.63) is 59.7 Å². The molecule has 0 fully saturated rings. The Morgan fingerprint density at radius 3 is 2.32 bits per heavy atom. The van der Waals surface area contributed by atoms with E-state index in [0.717, 1.165) is 0 Å². The molecule has 1 atom stereocenters. The quantitative estimate of drug-likeness (QED) is 0.709. The number of carbonyl (C=O) groups excluding carboxylic acids is 3. The molecule has 8 heteroatoms. The summed E-state index contributed by atoms with van der Waals surface area (Å²) >= 11 is 0. The van der Waals surface area contributed by atoms with Crippen molar-refractivity contribution in [1.29, 1.82) is 0 Å². The van der Waals surface area contributed by atoms with E-state index in [1.807, 2.05) is 0 Å². The molecule has 0 radical (unpaired) electrons. The molecular weight excluding hydrogens is 364 g/mol. The molecule has 148 valence electrons. The first kappa shape index (κ1) is 20.8. The van der Waals surface area contributed by atoms with E-state index in [9.17, 15) is 14.4 Å². The lowest BCUT2D eigenvalue weighted by molar-refractivity contribution is -0.129. The van der Waals surface area contributed by atoms with Crippen LogP contribution < -0.4 is 20.1 Å². The molecule has 0 spiro atoms. The van der Waals surface area contributed by atoms with Gasteiger partial charge in [-0.05, 0) is 19.1 Å². The number of urea groups is 1. The Hall–Kier alpha value is -3.55. The van der Waals surface area contributed by atoms with E-state index >= 15 is 0 Å². The highest BCUT2D eigenvalue weighted by molar-refractivity contribution is 5.99. The fourth-order valence-corrected chi connectivity index (χ4v) is 2.42. The molecule has 2 N–H and O–H groups in total. The molecule has 2 aromatic rings. The highest BCUT2D eigenvalue weighted by Crippen LogP contribution is 2.27. The molecule has 0 heterocycles. The standard InChI is InChI=1S/C20H22N2O6/c1-4-21-20(25)22-18(23)17(13-8-6-5-7-9-13)28-19(24)15-11-10-14(26-2)12-16(15)27-3/h5-12,17H,4H2,1-3H3,(H2,21,22,23,25)/t17-/m0/s1. The van der Waals surface area contributed by atoms with Crippen molar-refractivity contribution < 1.29 is 28.6 Å². The van der Waals surface area contributed by atoms with Crippen molar-refractivity contribution in [2.45, 2.75) is 13.0 Å². The highest BCUT2D eigenvalue weighted by Gasteiger charge is 2.28. The third-order valence-corrected chi connectivity index (χ3v) is 3.77. The summed E-state index contributed by atoms with van der Waals surface area (Å²) in [5, 5.41) is 4.62. The second-order valence-corrected chi connectivity index (χ2v) is 5.61. The van der Waals surface area contributed by atoms with Crippen LogP contribution in [0.25, 0.3) is 0 Å². The van der Waals surface area contributed by atoms with Crippen molar-refractivity contribution in [3.63, 3.8) is 0 Å². The van der Waals surface area contributed by atoms with Crippen molar-refractivity contribution in [3.8, 4) is 11.5 Å². The number of nitrogens with one attached hydrogen (secondary N) is 2. The number of carbonyl (C=O) groups is 3. The maximum atomic E-state index is 12.7. The molecule has 0 unspecified atom stereocenters. The van der Waals surface area contributed by atoms with Crippen LogP contribution in [0, 0.1) is 0 Å². The number of benzene rings is 2.